The molecule has 1 atom stereocenters. The molecule has 0 amide bonds. The Hall–Kier alpha value is -0.930. The summed E-state index contributed by atoms with van der Waals surface area (Å²) in [7, 11) is 0. The van der Waals surface area contributed by atoms with Gasteiger partial charge in [-0.2, -0.15) is 0 Å². The summed E-state index contributed by atoms with van der Waals surface area (Å²) >= 11 is 12.1. The van der Waals surface area contributed by atoms with E-state index in [1.807, 2.05) is 12.1 Å². The third-order valence-corrected chi connectivity index (χ3v) is 3.54. The number of anilines is 1. The number of benzene rings is 1. The molecule has 5 heteroatoms. The number of halogens is 2. The van der Waals surface area contributed by atoms with Crippen LogP contribution in [0.4, 0.5) is 5.69 Å². The van der Waals surface area contributed by atoms with Gasteiger partial charge < -0.3 is 10.6 Å². The molecule has 3 nitrogen and oxygen atoms in total. The summed E-state index contributed by atoms with van der Waals surface area (Å²) in [5, 5.41) is 1.32. The molecule has 0 aromatic heterocycles. The minimum Gasteiger partial charge on any atom is -0.387 e. The average molecular weight is 286 g/mol. The zero-order chi connectivity index (χ0) is 13.1. The van der Waals surface area contributed by atoms with Gasteiger partial charge in [0, 0.05) is 35.2 Å². The van der Waals surface area contributed by atoms with Gasteiger partial charge in [-0.1, -0.05) is 23.2 Å². The molecular formula is C13H17Cl2N3. The topological polar surface area (TPSA) is 41.6 Å². The number of nitrogens with two attached hydrogens (primary N) is 1. The molecule has 0 radical (unpaired) electrons. The van der Waals surface area contributed by atoms with Crippen LogP contribution in [0.2, 0.25) is 10.0 Å². The van der Waals surface area contributed by atoms with Crippen molar-refractivity contribution in [1.82, 2.24) is 0 Å². The Bertz CT molecular complexity index is 439. The lowest BCUT2D eigenvalue weighted by Gasteiger charge is -2.25. The van der Waals surface area contributed by atoms with Gasteiger partial charge in [-0.3, -0.25) is 4.99 Å². The molecule has 0 saturated heterocycles. The van der Waals surface area contributed by atoms with Gasteiger partial charge in [-0.05, 0) is 31.5 Å². The van der Waals surface area contributed by atoms with Crippen LogP contribution in [-0.2, 0) is 0 Å². The molecule has 1 heterocycles. The maximum Gasteiger partial charge on any atom is 0.0942 e. The van der Waals surface area contributed by atoms with Gasteiger partial charge in [0.05, 0.1) is 11.9 Å². The van der Waals surface area contributed by atoms with Crippen LogP contribution in [0.15, 0.2) is 23.2 Å². The minimum atomic E-state index is 0.280. The van der Waals surface area contributed by atoms with E-state index in [1.165, 1.54) is 0 Å². The largest absolute Gasteiger partial charge is 0.387 e. The predicted octanol–water partition coefficient (Wildman–Crippen LogP) is 3.34. The van der Waals surface area contributed by atoms with Crippen molar-refractivity contribution in [2.45, 2.75) is 25.8 Å². The second-order valence-electron chi connectivity index (χ2n) is 4.48. The second-order valence-corrected chi connectivity index (χ2v) is 5.35. The fourth-order valence-corrected chi connectivity index (χ4v) is 2.72. The van der Waals surface area contributed by atoms with Gasteiger partial charge in [0.1, 0.15) is 0 Å². The fraction of sp³-hybridized carbons (Fsp3) is 0.462. The molecule has 18 heavy (non-hydrogen) atoms. The highest BCUT2D eigenvalue weighted by molar-refractivity contribution is 6.35. The number of aliphatic imine (C=N–C) groups is 1. The van der Waals surface area contributed by atoms with Gasteiger partial charge in [0.15, 0.2) is 0 Å². The molecule has 1 aromatic carbocycles. The molecule has 0 bridgehead atoms. The van der Waals surface area contributed by atoms with E-state index in [1.54, 1.807) is 6.07 Å². The van der Waals surface area contributed by atoms with Gasteiger partial charge in [0.25, 0.3) is 0 Å². The number of amidine groups is 1. The lowest BCUT2D eigenvalue weighted by molar-refractivity contribution is 0.640. The van der Waals surface area contributed by atoms with Crippen molar-refractivity contribution in [2.24, 2.45) is 10.7 Å². The molecule has 0 aliphatic carbocycles. The van der Waals surface area contributed by atoms with Crippen molar-refractivity contribution in [2.75, 3.05) is 18.0 Å². The maximum absolute atomic E-state index is 6.03. The van der Waals surface area contributed by atoms with E-state index in [-0.39, 0.29) is 6.04 Å². The van der Waals surface area contributed by atoms with Crippen LogP contribution >= 0.6 is 23.2 Å². The zero-order valence-corrected chi connectivity index (χ0v) is 11.9. The Balaban J connectivity index is 2.12. The Morgan fingerprint density at radius 1 is 1.33 bits per heavy atom. The summed E-state index contributed by atoms with van der Waals surface area (Å²) in [5.41, 5.74) is 6.76. The van der Waals surface area contributed by atoms with Crippen LogP contribution in [0, 0.1) is 0 Å². The number of hydrogen-bond acceptors (Lipinski definition) is 3. The standard InChI is InChI=1S/C13H17Cl2N3/c1-2-18(8-11-3-4-13(16)17-11)12-6-9(14)5-10(15)7-12/h5-7,11H,2-4,8H2,1H3,(H2,16,17)/t11-/m1/s1. The number of rotatable bonds is 4. The number of likely N-dealkylation sites (N-methyl/N-ethyl adjacent to an activating group) is 1. The van der Waals surface area contributed by atoms with Crippen LogP contribution in [0.1, 0.15) is 19.8 Å². The summed E-state index contributed by atoms with van der Waals surface area (Å²) in [6.07, 6.45) is 1.93. The van der Waals surface area contributed by atoms with Gasteiger partial charge in [-0.25, -0.2) is 0 Å². The highest BCUT2D eigenvalue weighted by atomic mass is 35.5. The van der Waals surface area contributed by atoms with E-state index >= 15 is 0 Å². The van der Waals surface area contributed by atoms with Crippen LogP contribution in [0.3, 0.4) is 0 Å². The predicted molar refractivity (Wildman–Crippen MR) is 79.0 cm³/mol. The Labute approximate surface area is 118 Å². The van der Waals surface area contributed by atoms with Crippen molar-refractivity contribution in [1.29, 1.82) is 0 Å². The molecule has 0 unspecified atom stereocenters. The molecule has 2 N–H and O–H groups in total. The fourth-order valence-electron chi connectivity index (χ4n) is 2.20. The third kappa shape index (κ3) is 3.30. The van der Waals surface area contributed by atoms with E-state index in [4.69, 9.17) is 28.9 Å². The van der Waals surface area contributed by atoms with Crippen LogP contribution < -0.4 is 10.6 Å². The maximum atomic E-state index is 6.03. The molecule has 1 aliphatic rings. The highest BCUT2D eigenvalue weighted by Gasteiger charge is 2.18. The summed E-state index contributed by atoms with van der Waals surface area (Å²) in [5.74, 6) is 0.764. The Morgan fingerprint density at radius 3 is 2.50 bits per heavy atom. The minimum absolute atomic E-state index is 0.280. The zero-order valence-electron chi connectivity index (χ0n) is 10.4. The third-order valence-electron chi connectivity index (χ3n) is 3.11. The molecule has 1 aromatic rings. The van der Waals surface area contributed by atoms with Crippen molar-refractivity contribution in [3.8, 4) is 0 Å². The smallest absolute Gasteiger partial charge is 0.0942 e. The first-order chi connectivity index (χ1) is 8.58. The van der Waals surface area contributed by atoms with Crippen molar-refractivity contribution in [3.05, 3.63) is 28.2 Å². The molecular weight excluding hydrogens is 269 g/mol. The van der Waals surface area contributed by atoms with Crippen molar-refractivity contribution in [3.63, 3.8) is 0 Å². The van der Waals surface area contributed by atoms with E-state index in [0.29, 0.717) is 10.0 Å². The molecule has 2 rings (SSSR count). The van der Waals surface area contributed by atoms with Crippen LogP contribution in [-0.4, -0.2) is 25.0 Å². The number of nitrogens with zero attached hydrogens (tertiary/aromatic N) is 2. The molecule has 0 spiro atoms. The van der Waals surface area contributed by atoms with Gasteiger partial charge in [0.2, 0.25) is 0 Å². The average Bonchev–Trinajstić information content (AvgIpc) is 2.70. The first-order valence-electron chi connectivity index (χ1n) is 6.11. The van der Waals surface area contributed by atoms with Gasteiger partial charge >= 0.3 is 0 Å². The van der Waals surface area contributed by atoms with E-state index in [9.17, 15) is 0 Å². The number of hydrogen-bond donors (Lipinski definition) is 1. The first-order valence-corrected chi connectivity index (χ1v) is 6.87. The lowest BCUT2D eigenvalue weighted by atomic mass is 10.2. The quantitative estimate of drug-likeness (QED) is 0.922. The second kappa shape index (κ2) is 5.81. The summed E-state index contributed by atoms with van der Waals surface area (Å²) in [6.45, 7) is 3.85. The Kier molecular flexibility index (Phi) is 4.36. The molecule has 0 saturated carbocycles. The molecule has 0 fully saturated rings. The van der Waals surface area contributed by atoms with Crippen LogP contribution in [0.25, 0.3) is 0 Å². The summed E-state index contributed by atoms with van der Waals surface area (Å²) in [6, 6.07) is 5.88. The van der Waals surface area contributed by atoms with E-state index < -0.39 is 0 Å². The van der Waals surface area contributed by atoms with Crippen LogP contribution in [0.5, 0.6) is 0 Å². The van der Waals surface area contributed by atoms with E-state index in [2.05, 4.69) is 16.8 Å². The highest BCUT2D eigenvalue weighted by Crippen LogP contribution is 2.26. The first kappa shape index (κ1) is 13.5. The summed E-state index contributed by atoms with van der Waals surface area (Å²) < 4.78 is 0. The van der Waals surface area contributed by atoms with Crippen molar-refractivity contribution < 1.29 is 0 Å². The SMILES string of the molecule is CCN(C[C@H]1CCC(N)=N1)c1cc(Cl)cc(Cl)c1. The van der Waals surface area contributed by atoms with Gasteiger partial charge in [-0.15, -0.1) is 0 Å². The molecule has 1 aliphatic heterocycles. The van der Waals surface area contributed by atoms with Crippen molar-refractivity contribution >= 4 is 34.7 Å². The normalized spacial score (nSPS) is 18.8. The monoisotopic (exact) mass is 285 g/mol. The lowest BCUT2D eigenvalue weighted by Crippen LogP contribution is -2.30. The van der Waals surface area contributed by atoms with E-state index in [0.717, 1.165) is 37.5 Å². The summed E-state index contributed by atoms with van der Waals surface area (Å²) in [4.78, 5) is 6.66. The molecule has 98 valence electrons. The Morgan fingerprint density at radius 2 is 2.00 bits per heavy atom.